The van der Waals surface area contributed by atoms with Gasteiger partial charge in [-0.25, -0.2) is 0 Å². The predicted octanol–water partition coefficient (Wildman–Crippen LogP) is 7.30. The third kappa shape index (κ3) is 6.57. The Balaban J connectivity index is 1.21. The molecule has 1 amide bonds. The summed E-state index contributed by atoms with van der Waals surface area (Å²) in [7, 11) is 0. The maximum atomic E-state index is 14.0. The molecule has 1 atom stereocenters. The fourth-order valence-electron chi connectivity index (χ4n) is 6.44. The average Bonchev–Trinajstić information content (AvgIpc) is 3.06. The van der Waals surface area contributed by atoms with E-state index in [4.69, 9.17) is 27.9 Å². The van der Waals surface area contributed by atoms with Crippen molar-refractivity contribution in [3.63, 3.8) is 0 Å². The normalized spacial score (nSPS) is 25.6. The molecule has 2 heterocycles. The summed E-state index contributed by atoms with van der Waals surface area (Å²) in [6, 6.07) is 33.4. The van der Waals surface area contributed by atoms with Crippen molar-refractivity contribution in [1.29, 1.82) is 0 Å². The Morgan fingerprint density at radius 3 is 2.11 bits per heavy atom. The van der Waals surface area contributed by atoms with E-state index in [0.717, 1.165) is 27.8 Å². The van der Waals surface area contributed by atoms with Crippen LogP contribution in [0.25, 0.3) is 11.1 Å². The number of nitrogens with zero attached hydrogens (tertiary/aromatic N) is 2. The van der Waals surface area contributed by atoms with Crippen LogP contribution in [-0.2, 0) is 27.3 Å². The van der Waals surface area contributed by atoms with Crippen LogP contribution in [0.4, 0.5) is 0 Å². The number of carbonyl (C=O) groups excluding carboxylic acids is 1. The van der Waals surface area contributed by atoms with Crippen LogP contribution in [0.5, 0.6) is 0 Å². The highest BCUT2D eigenvalue weighted by Gasteiger charge is 2.45. The molecule has 0 bridgehead atoms. The van der Waals surface area contributed by atoms with E-state index in [9.17, 15) is 15.1 Å². The molecule has 0 aliphatic carbocycles. The zero-order valence-corrected chi connectivity index (χ0v) is 26.0. The molecule has 1 N–H and O–H groups in total. The third-order valence-corrected chi connectivity index (χ3v) is 9.99. The topological polar surface area (TPSA) is 72.8 Å². The molecule has 4 aromatic rings. The summed E-state index contributed by atoms with van der Waals surface area (Å²) in [5.74, 6) is -0.107. The molecule has 1 unspecified atom stereocenters. The molecule has 6 rings (SSSR count). The molecule has 0 aromatic heterocycles. The molecular formula is C36H36Cl2N2O4. The number of benzene rings is 4. The second-order valence-corrected chi connectivity index (χ2v) is 12.9. The minimum absolute atomic E-state index is 0.102. The van der Waals surface area contributed by atoms with Gasteiger partial charge in [0.15, 0.2) is 0 Å². The van der Waals surface area contributed by atoms with Crippen molar-refractivity contribution in [2.45, 2.75) is 37.0 Å². The van der Waals surface area contributed by atoms with Crippen molar-refractivity contribution in [2.75, 3.05) is 32.8 Å². The fraction of sp³-hybridized carbons (Fsp3) is 0.306. The molecule has 44 heavy (non-hydrogen) atoms. The van der Waals surface area contributed by atoms with E-state index in [2.05, 4.69) is 24.3 Å². The van der Waals surface area contributed by atoms with E-state index in [-0.39, 0.29) is 25.6 Å². The molecule has 0 radical (unpaired) electrons. The van der Waals surface area contributed by atoms with Gasteiger partial charge in [0, 0.05) is 25.8 Å². The molecule has 2 aliphatic heterocycles. The fourth-order valence-corrected chi connectivity index (χ4v) is 6.74. The van der Waals surface area contributed by atoms with Gasteiger partial charge >= 0.3 is 0 Å². The van der Waals surface area contributed by atoms with Crippen LogP contribution in [0.15, 0.2) is 103 Å². The number of hydrogen-bond acceptors (Lipinski definition) is 4. The first-order chi connectivity index (χ1) is 21.2. The van der Waals surface area contributed by atoms with E-state index in [0.29, 0.717) is 48.9 Å². The van der Waals surface area contributed by atoms with Crippen LogP contribution < -0.4 is 0 Å². The Hall–Kier alpha value is -3.23. The van der Waals surface area contributed by atoms with Crippen LogP contribution in [0.2, 0.25) is 10.0 Å². The van der Waals surface area contributed by atoms with E-state index in [1.807, 2.05) is 71.6 Å². The van der Waals surface area contributed by atoms with Gasteiger partial charge in [0.05, 0.1) is 36.2 Å². The van der Waals surface area contributed by atoms with Gasteiger partial charge in [-0.2, -0.15) is 0 Å². The Morgan fingerprint density at radius 1 is 0.818 bits per heavy atom. The molecule has 0 spiro atoms. The van der Waals surface area contributed by atoms with Crippen LogP contribution in [0, 0.1) is 5.21 Å². The SMILES string of the molecule is O=C1COC(CC[N+]2([O-])CCC(O)(c3ccccc3)CC2)(c2ccc(Cl)c(Cl)c2)CN1Cc1ccc(-c2ccccc2)cc1. The summed E-state index contributed by atoms with van der Waals surface area (Å²) in [6.07, 6.45) is 1.14. The number of aliphatic hydroxyl groups is 1. The third-order valence-electron chi connectivity index (χ3n) is 9.25. The van der Waals surface area contributed by atoms with Crippen molar-refractivity contribution < 1.29 is 19.3 Å². The Bertz CT molecular complexity index is 1590. The molecule has 8 heteroatoms. The monoisotopic (exact) mass is 630 g/mol. The maximum absolute atomic E-state index is 14.0. The van der Waals surface area contributed by atoms with E-state index >= 15 is 0 Å². The summed E-state index contributed by atoms with van der Waals surface area (Å²) in [5, 5.41) is 26.1. The molecule has 0 saturated carbocycles. The number of ether oxygens (including phenoxy) is 1. The number of likely N-dealkylation sites (tertiary alicyclic amines) is 1. The predicted molar refractivity (Wildman–Crippen MR) is 174 cm³/mol. The number of quaternary nitrogens is 1. The van der Waals surface area contributed by atoms with Gasteiger partial charge in [-0.3, -0.25) is 4.79 Å². The van der Waals surface area contributed by atoms with E-state index < -0.39 is 15.8 Å². The molecular weight excluding hydrogens is 595 g/mol. The standard InChI is InChI=1S/C36H36Cl2N2O4/c37-32-16-15-31(23-33(32)38)36(19-22-40(43)20-17-35(42,18-21-40)30-9-5-2-6-10-30)26-39(34(41)25-44-36)24-27-11-13-29(14-12-27)28-7-3-1-4-8-28/h1-16,23,42H,17-22,24-26H2. The minimum Gasteiger partial charge on any atom is -0.633 e. The molecule has 2 aliphatic rings. The number of hydroxylamine groups is 3. The molecule has 2 saturated heterocycles. The van der Waals surface area contributed by atoms with Gasteiger partial charge in [0.1, 0.15) is 17.8 Å². The van der Waals surface area contributed by atoms with Gasteiger partial charge in [0.25, 0.3) is 0 Å². The van der Waals surface area contributed by atoms with Crippen LogP contribution >= 0.6 is 23.2 Å². The average molecular weight is 632 g/mol. The lowest BCUT2D eigenvalue weighted by Gasteiger charge is -2.52. The summed E-state index contributed by atoms with van der Waals surface area (Å²) >= 11 is 12.7. The number of rotatable bonds is 8. The largest absolute Gasteiger partial charge is 0.633 e. The maximum Gasteiger partial charge on any atom is 0.249 e. The number of carbonyl (C=O) groups is 1. The first-order valence-electron chi connectivity index (χ1n) is 15.0. The summed E-state index contributed by atoms with van der Waals surface area (Å²) < 4.78 is 5.92. The van der Waals surface area contributed by atoms with Crippen molar-refractivity contribution in [2.24, 2.45) is 0 Å². The highest BCUT2D eigenvalue weighted by Crippen LogP contribution is 2.40. The van der Waals surface area contributed by atoms with E-state index in [1.54, 1.807) is 12.1 Å². The summed E-state index contributed by atoms with van der Waals surface area (Å²) in [5.41, 5.74) is 2.94. The number of amides is 1. The highest BCUT2D eigenvalue weighted by atomic mass is 35.5. The van der Waals surface area contributed by atoms with Crippen LogP contribution in [0.3, 0.4) is 0 Å². The molecule has 4 aromatic carbocycles. The molecule has 228 valence electrons. The molecule has 6 nitrogen and oxygen atoms in total. The lowest BCUT2D eigenvalue weighted by Crippen LogP contribution is -2.57. The van der Waals surface area contributed by atoms with Gasteiger partial charge in [-0.05, 0) is 39.9 Å². The Morgan fingerprint density at radius 2 is 1.45 bits per heavy atom. The van der Waals surface area contributed by atoms with Crippen molar-refractivity contribution in [1.82, 2.24) is 4.90 Å². The summed E-state index contributed by atoms with van der Waals surface area (Å²) in [6.45, 7) is 1.45. The van der Waals surface area contributed by atoms with Crippen molar-refractivity contribution in [3.8, 4) is 11.1 Å². The quantitative estimate of drug-likeness (QED) is 0.164. The van der Waals surface area contributed by atoms with Gasteiger partial charge < -0.3 is 24.6 Å². The van der Waals surface area contributed by atoms with Crippen LogP contribution in [0.1, 0.15) is 36.0 Å². The first-order valence-corrected chi connectivity index (χ1v) is 15.8. The molecule has 2 fully saturated rings. The zero-order valence-electron chi connectivity index (χ0n) is 24.5. The number of hydrogen-bond donors (Lipinski definition) is 1. The van der Waals surface area contributed by atoms with Gasteiger partial charge in [-0.1, -0.05) is 114 Å². The summed E-state index contributed by atoms with van der Waals surface area (Å²) in [4.78, 5) is 15.0. The number of piperidine rings is 1. The van der Waals surface area contributed by atoms with E-state index in [1.165, 1.54) is 0 Å². The lowest BCUT2D eigenvalue weighted by atomic mass is 9.83. The highest BCUT2D eigenvalue weighted by molar-refractivity contribution is 6.42. The Labute approximate surface area is 268 Å². The zero-order chi connectivity index (χ0) is 30.8. The van der Waals surface area contributed by atoms with Gasteiger partial charge in [0.2, 0.25) is 5.91 Å². The smallest absolute Gasteiger partial charge is 0.249 e. The Kier molecular flexibility index (Phi) is 8.84. The second kappa shape index (κ2) is 12.6. The first kappa shape index (κ1) is 30.8. The minimum atomic E-state index is -1.00. The second-order valence-electron chi connectivity index (χ2n) is 12.1. The van der Waals surface area contributed by atoms with Crippen molar-refractivity contribution >= 4 is 29.1 Å². The lowest BCUT2D eigenvalue weighted by molar-refractivity contribution is -0.889. The van der Waals surface area contributed by atoms with Crippen molar-refractivity contribution in [3.05, 3.63) is 135 Å². The number of morpholine rings is 1. The number of halogens is 2. The van der Waals surface area contributed by atoms with Crippen LogP contribution in [-0.4, -0.2) is 53.3 Å². The van der Waals surface area contributed by atoms with Gasteiger partial charge in [-0.15, -0.1) is 0 Å².